The summed E-state index contributed by atoms with van der Waals surface area (Å²) in [6.07, 6.45) is 3.45. The fourth-order valence-electron chi connectivity index (χ4n) is 4.32. The largest absolute Gasteiger partial charge is 0.315 e. The van der Waals surface area contributed by atoms with Gasteiger partial charge in [0, 0.05) is 28.4 Å². The number of carbonyl (C=O) groups excluding carboxylic acids is 1. The highest BCUT2D eigenvalue weighted by molar-refractivity contribution is 7.17. The summed E-state index contributed by atoms with van der Waals surface area (Å²) in [7, 11) is 0. The van der Waals surface area contributed by atoms with E-state index in [4.69, 9.17) is 0 Å². The van der Waals surface area contributed by atoms with E-state index < -0.39 is 11.7 Å². The Morgan fingerprint density at radius 2 is 2.12 bits per heavy atom. The molecule has 9 heteroatoms. The zero-order chi connectivity index (χ0) is 23.8. The minimum absolute atomic E-state index is 0.0152. The second kappa shape index (κ2) is 9.32. The van der Waals surface area contributed by atoms with E-state index in [2.05, 4.69) is 27.1 Å². The summed E-state index contributed by atoms with van der Waals surface area (Å²) in [4.78, 5) is 20.3. The number of thiophene rings is 1. The van der Waals surface area contributed by atoms with Crippen molar-refractivity contribution in [1.82, 2.24) is 20.5 Å². The lowest BCUT2D eigenvalue weighted by molar-refractivity contribution is 0.0968. The third-order valence-electron chi connectivity index (χ3n) is 5.98. The Kier molecular flexibility index (Phi) is 6.24. The Hall–Kier alpha value is -3.01. The summed E-state index contributed by atoms with van der Waals surface area (Å²) in [6.45, 7) is 9.43. The number of halogens is 1. The Morgan fingerprint density at radius 3 is 2.79 bits per heavy atom. The average molecular weight is 494 g/mol. The van der Waals surface area contributed by atoms with Gasteiger partial charge in [-0.2, -0.15) is 0 Å². The zero-order valence-electron chi connectivity index (χ0n) is 19.0. The van der Waals surface area contributed by atoms with Gasteiger partial charge in [0.2, 0.25) is 0 Å². The summed E-state index contributed by atoms with van der Waals surface area (Å²) in [5.41, 5.74) is 2.49. The quantitative estimate of drug-likeness (QED) is 0.387. The van der Waals surface area contributed by atoms with E-state index in [1.165, 1.54) is 17.4 Å². The summed E-state index contributed by atoms with van der Waals surface area (Å²) >= 11 is 2.98. The lowest BCUT2D eigenvalue weighted by Gasteiger charge is -2.34. The number of rotatable bonds is 5. The van der Waals surface area contributed by atoms with E-state index in [1.54, 1.807) is 34.6 Å². The number of nitrogens with one attached hydrogen (secondary N) is 1. The molecule has 4 aromatic rings. The molecule has 34 heavy (non-hydrogen) atoms. The molecule has 0 radical (unpaired) electrons. The first-order chi connectivity index (χ1) is 16.4. The van der Waals surface area contributed by atoms with Crippen molar-refractivity contribution in [3.63, 3.8) is 0 Å². The number of allylic oxidation sites excluding steroid dienone is 1. The molecule has 0 saturated carbocycles. The minimum Gasteiger partial charge on any atom is -0.315 e. The maximum Gasteiger partial charge on any atom is 0.262 e. The Balaban J connectivity index is 1.61. The molecule has 0 unspecified atom stereocenters. The number of benzene rings is 1. The Bertz CT molecular complexity index is 1390. The van der Waals surface area contributed by atoms with Gasteiger partial charge in [0.15, 0.2) is 0 Å². The normalized spacial score (nSPS) is 16.0. The van der Waals surface area contributed by atoms with Crippen molar-refractivity contribution in [3.05, 3.63) is 64.4 Å². The van der Waals surface area contributed by atoms with Gasteiger partial charge in [-0.25, -0.2) is 9.37 Å². The molecule has 1 aliphatic rings. The molecule has 1 amide bonds. The number of piperidine rings is 1. The molecule has 3 aromatic heterocycles. The van der Waals surface area contributed by atoms with Gasteiger partial charge in [-0.1, -0.05) is 24.0 Å². The predicted molar refractivity (Wildman–Crippen MR) is 137 cm³/mol. The van der Waals surface area contributed by atoms with Crippen LogP contribution in [0.4, 0.5) is 10.2 Å². The van der Waals surface area contributed by atoms with Crippen LogP contribution in [0.15, 0.2) is 42.4 Å². The number of nitrogens with zero attached hydrogens (tertiary/aromatic N) is 4. The zero-order valence-corrected chi connectivity index (χ0v) is 20.6. The molecule has 1 aliphatic heterocycles. The van der Waals surface area contributed by atoms with Crippen molar-refractivity contribution in [1.29, 1.82) is 0 Å². The fraction of sp³-hybridized carbons (Fsp3) is 0.280. The maximum atomic E-state index is 15.4. The van der Waals surface area contributed by atoms with Crippen molar-refractivity contribution >= 4 is 50.1 Å². The number of hydrogen-bond donors (Lipinski definition) is 1. The number of fused-ring (bicyclic) bond motifs is 1. The van der Waals surface area contributed by atoms with Crippen molar-refractivity contribution < 1.29 is 9.18 Å². The monoisotopic (exact) mass is 493 g/mol. The second-order valence-corrected chi connectivity index (χ2v) is 10.5. The van der Waals surface area contributed by atoms with Crippen molar-refractivity contribution in [2.75, 3.05) is 18.0 Å². The maximum absolute atomic E-state index is 15.4. The van der Waals surface area contributed by atoms with Crippen LogP contribution in [0, 0.1) is 12.7 Å². The molecule has 1 aromatic carbocycles. The van der Waals surface area contributed by atoms with Gasteiger partial charge in [0.1, 0.15) is 21.7 Å². The number of anilines is 1. The van der Waals surface area contributed by atoms with Gasteiger partial charge in [0.05, 0.1) is 11.6 Å². The number of hydrogen-bond acceptors (Lipinski definition) is 7. The third-order valence-corrected chi connectivity index (χ3v) is 7.82. The first-order valence-corrected chi connectivity index (χ1v) is 12.8. The number of pyridine rings is 1. The van der Waals surface area contributed by atoms with E-state index in [9.17, 15) is 4.79 Å². The van der Waals surface area contributed by atoms with Crippen LogP contribution in [0.5, 0.6) is 0 Å². The lowest BCUT2D eigenvalue weighted by atomic mass is 10.0. The molecule has 1 N–H and O–H groups in total. The van der Waals surface area contributed by atoms with Gasteiger partial charge in [0.25, 0.3) is 5.91 Å². The summed E-state index contributed by atoms with van der Waals surface area (Å²) in [5.74, 6) is -0.425. The predicted octanol–water partition coefficient (Wildman–Crippen LogP) is 5.69. The molecule has 5 rings (SSSR count). The first-order valence-electron chi connectivity index (χ1n) is 11.1. The van der Waals surface area contributed by atoms with E-state index in [0.717, 1.165) is 45.6 Å². The van der Waals surface area contributed by atoms with Crippen molar-refractivity contribution in [2.45, 2.75) is 32.7 Å². The molecule has 1 saturated heterocycles. The van der Waals surface area contributed by atoms with Gasteiger partial charge in [-0.05, 0) is 67.9 Å². The topological polar surface area (TPSA) is 71.0 Å². The van der Waals surface area contributed by atoms with Gasteiger partial charge < -0.3 is 5.32 Å². The molecule has 174 valence electrons. The SMILES string of the molecule is C=C(C)c1csc2ccnc(N(C(=O)c3ccc(-c4nnc(C)s4)cc3F)[C@@H]3CCCNC3)c12. The second-order valence-electron chi connectivity index (χ2n) is 8.43. The van der Waals surface area contributed by atoms with Crippen LogP contribution in [-0.2, 0) is 0 Å². The highest BCUT2D eigenvalue weighted by Crippen LogP contribution is 2.38. The highest BCUT2D eigenvalue weighted by Gasteiger charge is 2.32. The molecular weight excluding hydrogens is 469 g/mol. The van der Waals surface area contributed by atoms with E-state index in [-0.39, 0.29) is 11.6 Å². The number of amides is 1. The van der Waals surface area contributed by atoms with Gasteiger partial charge in [-0.15, -0.1) is 21.5 Å². The first kappa shape index (κ1) is 22.8. The van der Waals surface area contributed by atoms with Gasteiger partial charge in [-0.3, -0.25) is 9.69 Å². The molecular formula is C25H24FN5OS2. The van der Waals surface area contributed by atoms with E-state index in [0.29, 0.717) is 22.9 Å². The standard InChI is InChI=1S/C25H24FN5OS2/c1-14(2)19-13-33-21-8-10-28-23(22(19)21)31(17-5-4-9-27-12-17)25(32)18-7-6-16(11-20(18)26)24-30-29-15(3)34-24/h6-8,10-11,13,17,27H,1,4-5,9,12H2,2-3H3/t17-/m1/s1. The van der Waals surface area contributed by atoms with Crippen LogP contribution < -0.4 is 10.2 Å². The third kappa shape index (κ3) is 4.15. The summed E-state index contributed by atoms with van der Waals surface area (Å²) in [5, 5.41) is 15.8. The van der Waals surface area contributed by atoms with Crippen LogP contribution in [-0.4, -0.2) is 40.2 Å². The van der Waals surface area contributed by atoms with E-state index in [1.807, 2.05) is 25.3 Å². The molecule has 1 atom stereocenters. The minimum atomic E-state index is -0.582. The highest BCUT2D eigenvalue weighted by atomic mass is 32.1. The van der Waals surface area contributed by atoms with E-state index >= 15 is 4.39 Å². The Morgan fingerprint density at radius 1 is 1.26 bits per heavy atom. The summed E-state index contributed by atoms with van der Waals surface area (Å²) in [6, 6.07) is 6.44. The molecule has 4 heterocycles. The lowest BCUT2D eigenvalue weighted by Crippen LogP contribution is -2.49. The number of aromatic nitrogens is 3. The smallest absolute Gasteiger partial charge is 0.262 e. The van der Waals surface area contributed by atoms with Crippen LogP contribution in [0.2, 0.25) is 0 Å². The number of aryl methyl sites for hydroxylation is 1. The molecule has 0 spiro atoms. The average Bonchev–Trinajstić information content (AvgIpc) is 3.47. The van der Waals surface area contributed by atoms with Gasteiger partial charge >= 0.3 is 0 Å². The van der Waals surface area contributed by atoms with Crippen molar-refractivity contribution in [3.8, 4) is 10.6 Å². The van der Waals surface area contributed by atoms with Crippen LogP contribution in [0.3, 0.4) is 0 Å². The molecule has 0 bridgehead atoms. The fourth-order valence-corrected chi connectivity index (χ4v) is 6.03. The Labute approximate surface area is 205 Å². The van der Waals surface area contributed by atoms with Crippen molar-refractivity contribution in [2.24, 2.45) is 0 Å². The number of carbonyl (C=O) groups is 1. The van der Waals surface area contributed by atoms with Crippen LogP contribution >= 0.6 is 22.7 Å². The molecule has 0 aliphatic carbocycles. The molecule has 6 nitrogen and oxygen atoms in total. The molecule has 1 fully saturated rings. The summed E-state index contributed by atoms with van der Waals surface area (Å²) < 4.78 is 16.4. The van der Waals surface area contributed by atoms with Crippen LogP contribution in [0.1, 0.15) is 40.7 Å². The van der Waals surface area contributed by atoms with Crippen LogP contribution in [0.25, 0.3) is 26.2 Å².